The molecule has 4 nitrogen and oxygen atoms in total. The van der Waals surface area contributed by atoms with E-state index in [0.717, 1.165) is 0 Å². The number of hydrogen-bond acceptors (Lipinski definition) is 4. The van der Waals surface area contributed by atoms with Gasteiger partial charge in [0.1, 0.15) is 0 Å². The van der Waals surface area contributed by atoms with Gasteiger partial charge in [0.15, 0.2) is 17.4 Å². The predicted molar refractivity (Wildman–Crippen MR) is 83.8 cm³/mol. The van der Waals surface area contributed by atoms with Crippen molar-refractivity contribution in [2.24, 2.45) is 0 Å². The summed E-state index contributed by atoms with van der Waals surface area (Å²) < 4.78 is 11.3. The normalized spacial score (nSPS) is 13.4. The predicted octanol–water partition coefficient (Wildman–Crippen LogP) is 2.21. The molecule has 0 fully saturated rings. The fourth-order valence-electron chi connectivity index (χ4n) is 1.19. The average molecular weight is 315 g/mol. The lowest BCUT2D eigenvalue weighted by Gasteiger charge is -2.30. The third kappa shape index (κ3) is 26.4. The first kappa shape index (κ1) is 20.0. The number of rotatable bonds is 4. The minimum absolute atomic E-state index is 1.04. The van der Waals surface area contributed by atoms with Gasteiger partial charge >= 0.3 is 17.1 Å². The molecule has 0 aromatic rings. The van der Waals surface area contributed by atoms with Crippen molar-refractivity contribution in [2.45, 2.75) is 58.9 Å². The minimum Gasteiger partial charge on any atom is -0.440 e. The van der Waals surface area contributed by atoms with Gasteiger partial charge in [0.25, 0.3) is 0 Å². The molecule has 0 aromatic carbocycles. The molecule has 0 atom stereocenters. The van der Waals surface area contributed by atoms with E-state index in [0.29, 0.717) is 0 Å². The topological polar surface area (TPSA) is 58.9 Å². The van der Waals surface area contributed by atoms with Gasteiger partial charge in [0, 0.05) is 0 Å². The summed E-state index contributed by atoms with van der Waals surface area (Å²) in [6.07, 6.45) is 0. The Labute approximate surface area is 111 Å². The van der Waals surface area contributed by atoms with Crippen LogP contribution >= 0.6 is 0 Å². The second kappa shape index (κ2) is 7.33. The van der Waals surface area contributed by atoms with Gasteiger partial charge in [0.2, 0.25) is 0 Å². The Hall–Kier alpha value is 0.708. The second-order valence-electron chi connectivity index (χ2n) is 6.29. The van der Waals surface area contributed by atoms with Crippen molar-refractivity contribution in [3.05, 3.63) is 0 Å². The fraction of sp³-hybridized carbons (Fsp3) is 1.00. The van der Waals surface area contributed by atoms with E-state index in [1.807, 2.05) is 32.7 Å². The van der Waals surface area contributed by atoms with Crippen molar-refractivity contribution in [2.75, 3.05) is 0 Å². The van der Waals surface area contributed by atoms with Crippen LogP contribution in [0.25, 0.3) is 0 Å². The van der Waals surface area contributed by atoms with Crippen LogP contribution in [0.1, 0.15) is 0 Å². The van der Waals surface area contributed by atoms with Crippen LogP contribution in [-0.2, 0) is 8.23 Å². The Morgan fingerprint density at radius 2 is 1.12 bits per heavy atom. The molecule has 2 N–H and O–H groups in total. The van der Waals surface area contributed by atoms with Crippen LogP contribution in [0.2, 0.25) is 58.9 Å². The zero-order chi connectivity index (χ0) is 14.5. The maximum atomic E-state index is 9.55. The van der Waals surface area contributed by atoms with Gasteiger partial charge in [-0.15, -0.1) is 0 Å². The summed E-state index contributed by atoms with van der Waals surface area (Å²) >= 11 is 0. The van der Waals surface area contributed by atoms with E-state index in [2.05, 4.69) is 13.1 Å². The van der Waals surface area contributed by atoms with Crippen LogP contribution in [0.3, 0.4) is 0 Å². The Bertz CT molecular complexity index is 202. The fourth-order valence-corrected chi connectivity index (χ4v) is 11.2. The minimum atomic E-state index is -2.40. The highest BCUT2D eigenvalue weighted by Crippen LogP contribution is 2.14. The smallest absolute Gasteiger partial charge is 0.320 e. The molecule has 17 heavy (non-hydrogen) atoms. The molecule has 0 rings (SSSR count). The van der Waals surface area contributed by atoms with Crippen molar-refractivity contribution in [1.29, 1.82) is 0 Å². The van der Waals surface area contributed by atoms with Crippen LogP contribution in [0.15, 0.2) is 0 Å². The molecule has 0 saturated carbocycles. The summed E-state index contributed by atoms with van der Waals surface area (Å²) in [5.74, 6) is 0. The molecule has 0 aliphatic rings. The summed E-state index contributed by atoms with van der Waals surface area (Å²) in [4.78, 5) is 18.2. The van der Waals surface area contributed by atoms with E-state index in [1.54, 1.807) is 13.1 Å². The molecule has 0 aromatic heterocycles. The van der Waals surface area contributed by atoms with Crippen molar-refractivity contribution in [3.8, 4) is 0 Å². The molecule has 0 aliphatic carbocycles. The molecule has 0 aliphatic heterocycles. The Morgan fingerprint density at radius 1 is 0.824 bits per heavy atom. The maximum absolute atomic E-state index is 9.55. The zero-order valence-corrected chi connectivity index (χ0v) is 16.9. The van der Waals surface area contributed by atoms with Gasteiger partial charge in [-0.25, -0.2) is 0 Å². The molecule has 0 bridgehead atoms. The molecule has 8 heteroatoms. The molecular formula is C9H30O4Si4. The molecule has 0 spiro atoms. The summed E-state index contributed by atoms with van der Waals surface area (Å²) in [7, 11) is -7.08. The first-order chi connectivity index (χ1) is 7.12. The lowest BCUT2D eigenvalue weighted by molar-refractivity contribution is 0.330. The second-order valence-corrected chi connectivity index (χ2v) is 20.2. The number of hydrogen-bond donors (Lipinski definition) is 2. The Kier molecular flexibility index (Phi) is 8.64. The molecule has 0 radical (unpaired) electrons. The van der Waals surface area contributed by atoms with Crippen LogP contribution in [-0.4, -0.2) is 44.1 Å². The monoisotopic (exact) mass is 314 g/mol. The van der Waals surface area contributed by atoms with Gasteiger partial charge in [-0.05, 0) is 58.9 Å². The van der Waals surface area contributed by atoms with Gasteiger partial charge in [-0.1, -0.05) is 0 Å². The van der Waals surface area contributed by atoms with Gasteiger partial charge in [-0.2, -0.15) is 0 Å². The first-order valence-corrected chi connectivity index (χ1v) is 17.8. The van der Waals surface area contributed by atoms with Crippen molar-refractivity contribution in [1.82, 2.24) is 0 Å². The Balaban J connectivity index is 0. The van der Waals surface area contributed by atoms with E-state index in [9.17, 15) is 4.80 Å². The van der Waals surface area contributed by atoms with E-state index >= 15 is 0 Å². The SMILES string of the molecule is C[SiH](C)O[Si](C)(C)O[Si](C)(C)O.C[Si](C)(C)O. The lowest BCUT2D eigenvalue weighted by atomic mass is 11.8. The standard InChI is InChI=1S/C6H20O3Si3.C3H10OSi/c1-10(2)8-12(5,6)9-11(3,4)7;1-5(2,3)4/h7,10H,1-6H3;4H,1-3H3. The third-order valence-electron chi connectivity index (χ3n) is 1.02. The molecule has 0 unspecified atom stereocenters. The van der Waals surface area contributed by atoms with Crippen LogP contribution in [0.4, 0.5) is 0 Å². The Morgan fingerprint density at radius 3 is 1.29 bits per heavy atom. The summed E-state index contributed by atoms with van der Waals surface area (Å²) in [5, 5.41) is 0. The first-order valence-electron chi connectivity index (χ1n) is 5.95. The quantitative estimate of drug-likeness (QED) is 0.781. The van der Waals surface area contributed by atoms with Crippen molar-refractivity contribution >= 4 is 34.5 Å². The summed E-state index contributed by atoms with van der Waals surface area (Å²) in [6, 6.07) is 0. The van der Waals surface area contributed by atoms with Gasteiger partial charge < -0.3 is 17.8 Å². The highest BCUT2D eigenvalue weighted by Gasteiger charge is 2.34. The van der Waals surface area contributed by atoms with E-state index in [-0.39, 0.29) is 0 Å². The van der Waals surface area contributed by atoms with Gasteiger partial charge in [0.05, 0.1) is 0 Å². The molecule has 0 heterocycles. The highest BCUT2D eigenvalue weighted by molar-refractivity contribution is 6.81. The molecule has 0 amide bonds. The van der Waals surface area contributed by atoms with E-state index in [1.165, 1.54) is 0 Å². The molecule has 0 saturated heterocycles. The lowest BCUT2D eigenvalue weighted by Crippen LogP contribution is -2.48. The van der Waals surface area contributed by atoms with Crippen molar-refractivity contribution in [3.63, 3.8) is 0 Å². The van der Waals surface area contributed by atoms with Crippen LogP contribution in [0.5, 0.6) is 0 Å². The summed E-state index contributed by atoms with van der Waals surface area (Å²) in [5.41, 5.74) is 0. The average Bonchev–Trinajstić information content (AvgIpc) is 1.68. The van der Waals surface area contributed by atoms with E-state index < -0.39 is 34.5 Å². The molecule has 106 valence electrons. The van der Waals surface area contributed by atoms with Crippen molar-refractivity contribution < 1.29 is 17.8 Å². The zero-order valence-electron chi connectivity index (χ0n) is 12.8. The van der Waals surface area contributed by atoms with E-state index in [4.69, 9.17) is 13.0 Å². The summed E-state index contributed by atoms with van der Waals surface area (Å²) in [6.45, 7) is 17.4. The van der Waals surface area contributed by atoms with Crippen LogP contribution in [0, 0.1) is 0 Å². The maximum Gasteiger partial charge on any atom is 0.320 e. The largest absolute Gasteiger partial charge is 0.440 e. The van der Waals surface area contributed by atoms with Crippen LogP contribution < -0.4 is 0 Å². The third-order valence-corrected chi connectivity index (χ3v) is 9.14. The molecular weight excluding hydrogens is 284 g/mol. The highest BCUT2D eigenvalue weighted by atomic mass is 28.5. The van der Waals surface area contributed by atoms with Gasteiger partial charge in [-0.3, -0.25) is 0 Å².